The Labute approximate surface area is 140 Å². The number of carbonyl (C=O) groups excluding carboxylic acids is 1. The predicted octanol–water partition coefficient (Wildman–Crippen LogP) is 0.296. The molecule has 2 saturated heterocycles. The van der Waals surface area contributed by atoms with E-state index >= 15 is 0 Å². The highest BCUT2D eigenvalue weighted by atomic mass is 32.2. The molecule has 1 amide bonds. The summed E-state index contributed by atoms with van der Waals surface area (Å²) in [5.41, 5.74) is 0. The summed E-state index contributed by atoms with van der Waals surface area (Å²) in [5.74, 6) is 1.05. The first-order chi connectivity index (χ1) is 10.8. The monoisotopic (exact) mass is 345 g/mol. The number of amides is 1. The van der Waals surface area contributed by atoms with Crippen LogP contribution in [0.3, 0.4) is 0 Å². The Morgan fingerprint density at radius 1 is 1.13 bits per heavy atom. The maximum atomic E-state index is 11.5. The maximum Gasteiger partial charge on any atom is 0.219 e. The van der Waals surface area contributed by atoms with Crippen LogP contribution in [0, 0.1) is 5.92 Å². The summed E-state index contributed by atoms with van der Waals surface area (Å²) < 4.78 is 22.5. The summed E-state index contributed by atoms with van der Waals surface area (Å²) in [4.78, 5) is 18.4. The molecule has 2 aliphatic rings. The van der Waals surface area contributed by atoms with Gasteiger partial charge in [-0.25, -0.2) is 8.42 Å². The highest BCUT2D eigenvalue weighted by Crippen LogP contribution is 2.23. The van der Waals surface area contributed by atoms with Gasteiger partial charge < -0.3 is 9.80 Å². The van der Waals surface area contributed by atoms with Crippen LogP contribution in [0.15, 0.2) is 0 Å². The van der Waals surface area contributed by atoms with Gasteiger partial charge in [0.15, 0.2) is 0 Å². The minimum absolute atomic E-state index is 0.175. The Hall–Kier alpha value is -0.660. The van der Waals surface area contributed by atoms with Crippen LogP contribution in [0.1, 0.15) is 26.7 Å². The topological polar surface area (TPSA) is 60.9 Å². The third-order valence-corrected chi connectivity index (χ3v) is 6.11. The molecule has 2 atom stereocenters. The van der Waals surface area contributed by atoms with E-state index in [-0.39, 0.29) is 11.7 Å². The highest BCUT2D eigenvalue weighted by molar-refractivity contribution is 7.90. The Bertz CT molecular complexity index is 509. The normalized spacial score (nSPS) is 28.0. The Morgan fingerprint density at radius 3 is 2.52 bits per heavy atom. The van der Waals surface area contributed by atoms with E-state index in [4.69, 9.17) is 0 Å². The van der Waals surface area contributed by atoms with Gasteiger partial charge in [0.1, 0.15) is 9.84 Å². The molecule has 23 heavy (non-hydrogen) atoms. The van der Waals surface area contributed by atoms with Crippen molar-refractivity contribution < 1.29 is 13.2 Å². The molecule has 0 radical (unpaired) electrons. The number of nitrogens with zero attached hydrogens (tertiary/aromatic N) is 3. The zero-order chi connectivity index (χ0) is 17.0. The van der Waals surface area contributed by atoms with Crippen molar-refractivity contribution in [3.63, 3.8) is 0 Å². The molecule has 134 valence electrons. The third-order valence-electron chi connectivity index (χ3n) is 5.08. The van der Waals surface area contributed by atoms with Crippen molar-refractivity contribution >= 4 is 15.7 Å². The summed E-state index contributed by atoms with van der Waals surface area (Å²) in [7, 11) is -2.86. The lowest BCUT2D eigenvalue weighted by atomic mass is 10.0. The predicted molar refractivity (Wildman–Crippen MR) is 92.2 cm³/mol. The summed E-state index contributed by atoms with van der Waals surface area (Å²) in [6.07, 6.45) is 3.06. The number of hydrogen-bond acceptors (Lipinski definition) is 5. The summed E-state index contributed by atoms with van der Waals surface area (Å²) in [6, 6.07) is 0.528. The van der Waals surface area contributed by atoms with Gasteiger partial charge >= 0.3 is 0 Å². The lowest BCUT2D eigenvalue weighted by Crippen LogP contribution is -2.43. The van der Waals surface area contributed by atoms with Crippen LogP contribution in [0.25, 0.3) is 0 Å². The third kappa shape index (κ3) is 5.72. The van der Waals surface area contributed by atoms with Gasteiger partial charge in [0, 0.05) is 58.5 Å². The average Bonchev–Trinajstić information content (AvgIpc) is 2.66. The first-order valence-electron chi connectivity index (χ1n) is 8.66. The van der Waals surface area contributed by atoms with Crippen LogP contribution < -0.4 is 0 Å². The molecule has 0 N–H and O–H groups in total. The van der Waals surface area contributed by atoms with Crippen molar-refractivity contribution in [2.24, 2.45) is 5.92 Å². The van der Waals surface area contributed by atoms with Gasteiger partial charge in [0.2, 0.25) is 5.91 Å². The minimum Gasteiger partial charge on any atom is -0.342 e. The molecule has 0 saturated carbocycles. The SMILES string of the molecule is CC(=O)N1CCCN([C@@H]2CN(CCCS(C)(=O)=O)C[C@@H]2C)CC1. The Morgan fingerprint density at radius 2 is 1.87 bits per heavy atom. The molecule has 7 heteroatoms. The summed E-state index contributed by atoms with van der Waals surface area (Å²) in [5, 5.41) is 0. The van der Waals surface area contributed by atoms with E-state index in [2.05, 4.69) is 16.7 Å². The molecule has 0 aliphatic carbocycles. The van der Waals surface area contributed by atoms with Gasteiger partial charge in [0.25, 0.3) is 0 Å². The number of sulfone groups is 1. The van der Waals surface area contributed by atoms with Gasteiger partial charge in [0.05, 0.1) is 5.75 Å². The van der Waals surface area contributed by atoms with E-state index in [1.165, 1.54) is 6.26 Å². The largest absolute Gasteiger partial charge is 0.342 e. The van der Waals surface area contributed by atoms with Crippen LogP contribution in [-0.4, -0.2) is 92.9 Å². The molecule has 0 bridgehead atoms. The van der Waals surface area contributed by atoms with Crippen LogP contribution in [0.5, 0.6) is 0 Å². The molecule has 0 spiro atoms. The Balaban J connectivity index is 1.82. The molecule has 2 rings (SSSR count). The van der Waals surface area contributed by atoms with Crippen molar-refractivity contribution in [3.05, 3.63) is 0 Å². The van der Waals surface area contributed by atoms with Gasteiger partial charge in [-0.3, -0.25) is 9.69 Å². The molecule has 2 fully saturated rings. The number of hydrogen-bond donors (Lipinski definition) is 0. The second-order valence-corrected chi connectivity index (χ2v) is 9.44. The van der Waals surface area contributed by atoms with E-state index in [0.717, 1.165) is 58.7 Å². The van der Waals surface area contributed by atoms with Gasteiger partial charge in [-0.05, 0) is 25.3 Å². The smallest absolute Gasteiger partial charge is 0.219 e. The van der Waals surface area contributed by atoms with Gasteiger partial charge in [-0.1, -0.05) is 6.92 Å². The number of likely N-dealkylation sites (tertiary alicyclic amines) is 1. The lowest BCUT2D eigenvalue weighted by molar-refractivity contribution is -0.128. The molecule has 0 aromatic rings. The van der Waals surface area contributed by atoms with Crippen molar-refractivity contribution in [1.82, 2.24) is 14.7 Å². The fraction of sp³-hybridized carbons (Fsp3) is 0.938. The van der Waals surface area contributed by atoms with Crippen LogP contribution in [0.4, 0.5) is 0 Å². The zero-order valence-corrected chi connectivity index (χ0v) is 15.5. The van der Waals surface area contributed by atoms with Gasteiger partial charge in [-0.2, -0.15) is 0 Å². The van der Waals surface area contributed by atoms with E-state index in [0.29, 0.717) is 12.0 Å². The van der Waals surface area contributed by atoms with E-state index in [9.17, 15) is 13.2 Å². The maximum absolute atomic E-state index is 11.5. The molecular formula is C16H31N3O3S. The molecule has 0 unspecified atom stereocenters. The fourth-order valence-corrected chi connectivity index (χ4v) is 4.49. The lowest BCUT2D eigenvalue weighted by Gasteiger charge is -2.30. The minimum atomic E-state index is -2.86. The second kappa shape index (κ2) is 7.94. The van der Waals surface area contributed by atoms with Crippen LogP contribution >= 0.6 is 0 Å². The van der Waals surface area contributed by atoms with E-state index in [1.807, 2.05) is 4.90 Å². The molecule has 0 aromatic heterocycles. The summed E-state index contributed by atoms with van der Waals surface area (Å²) in [6.45, 7) is 10.6. The van der Waals surface area contributed by atoms with E-state index in [1.54, 1.807) is 6.92 Å². The highest BCUT2D eigenvalue weighted by Gasteiger charge is 2.34. The number of carbonyl (C=O) groups is 1. The average molecular weight is 346 g/mol. The molecule has 2 heterocycles. The van der Waals surface area contributed by atoms with Crippen molar-refractivity contribution in [3.8, 4) is 0 Å². The standard InChI is InChI=1S/C16H31N3O3S/c1-14-12-17(6-5-11-23(3,21)22)13-16(14)19-8-4-7-18(9-10-19)15(2)20/h14,16H,4-13H2,1-3H3/t14-,16+/m0/s1. The van der Waals surface area contributed by atoms with Crippen LogP contribution in [0.2, 0.25) is 0 Å². The first kappa shape index (κ1) is 18.7. The van der Waals surface area contributed by atoms with E-state index < -0.39 is 9.84 Å². The van der Waals surface area contributed by atoms with Crippen LogP contribution in [-0.2, 0) is 14.6 Å². The molecule has 6 nitrogen and oxygen atoms in total. The Kier molecular flexibility index (Phi) is 6.45. The molecule has 0 aromatic carbocycles. The first-order valence-corrected chi connectivity index (χ1v) is 10.7. The second-order valence-electron chi connectivity index (χ2n) is 7.18. The number of rotatable bonds is 5. The van der Waals surface area contributed by atoms with Crippen molar-refractivity contribution in [2.45, 2.75) is 32.7 Å². The molecule has 2 aliphatic heterocycles. The summed E-state index contributed by atoms with van der Waals surface area (Å²) >= 11 is 0. The zero-order valence-electron chi connectivity index (χ0n) is 14.7. The fourth-order valence-electron chi connectivity index (χ4n) is 3.84. The van der Waals surface area contributed by atoms with Crippen molar-refractivity contribution in [2.75, 3.05) is 57.8 Å². The molecular weight excluding hydrogens is 314 g/mol. The quantitative estimate of drug-likeness (QED) is 0.717. The van der Waals surface area contributed by atoms with Gasteiger partial charge in [-0.15, -0.1) is 0 Å². The van der Waals surface area contributed by atoms with Crippen molar-refractivity contribution in [1.29, 1.82) is 0 Å².